The summed E-state index contributed by atoms with van der Waals surface area (Å²) >= 11 is 24.5. The van der Waals surface area contributed by atoms with E-state index in [9.17, 15) is 0 Å². The highest BCUT2D eigenvalue weighted by Gasteiger charge is 2.16. The molecule has 2 aromatic rings. The second-order valence-corrected chi connectivity index (χ2v) is 5.53. The van der Waals surface area contributed by atoms with Crippen LogP contribution in [-0.2, 0) is 6.54 Å². The van der Waals surface area contributed by atoms with Crippen LogP contribution in [0.2, 0.25) is 20.1 Å². The second-order valence-electron chi connectivity index (χ2n) is 3.96. The summed E-state index contributed by atoms with van der Waals surface area (Å²) in [6.45, 7) is 0.699. The van der Waals surface area contributed by atoms with Crippen molar-refractivity contribution in [2.45, 2.75) is 6.54 Å². The molecule has 0 spiro atoms. The molecule has 2 rings (SSSR count). The fraction of sp³-hybridized carbons (Fsp3) is 0.154. The average molecular weight is 336 g/mol. The molecule has 0 fully saturated rings. The smallest absolute Gasteiger partial charge is 0.0687 e. The second kappa shape index (κ2) is 6.29. The molecule has 0 unspecified atom stereocenters. The van der Waals surface area contributed by atoms with Crippen LogP contribution in [0.3, 0.4) is 0 Å². The Bertz CT molecular complexity index is 588. The summed E-state index contributed by atoms with van der Waals surface area (Å²) in [7, 11) is 1.86. The summed E-state index contributed by atoms with van der Waals surface area (Å²) in [6, 6.07) is 3.48. The van der Waals surface area contributed by atoms with E-state index < -0.39 is 0 Å². The highest BCUT2D eigenvalue weighted by Crippen LogP contribution is 2.43. The number of pyridine rings is 1. The number of nitrogens with one attached hydrogen (secondary N) is 1. The van der Waals surface area contributed by atoms with Crippen molar-refractivity contribution in [2.75, 3.05) is 7.05 Å². The summed E-state index contributed by atoms with van der Waals surface area (Å²) < 4.78 is 0. The summed E-state index contributed by atoms with van der Waals surface area (Å²) in [5.41, 5.74) is 2.40. The number of nitrogens with zero attached hydrogens (tertiary/aromatic N) is 1. The fourth-order valence-electron chi connectivity index (χ4n) is 1.75. The molecule has 0 radical (unpaired) electrons. The van der Waals surface area contributed by atoms with E-state index in [1.165, 1.54) is 6.07 Å². The molecular weight excluding hydrogens is 326 g/mol. The van der Waals surface area contributed by atoms with Gasteiger partial charge in [-0.3, -0.25) is 4.98 Å². The maximum absolute atomic E-state index is 6.22. The number of benzene rings is 1. The van der Waals surface area contributed by atoms with Crippen LogP contribution in [0.1, 0.15) is 5.56 Å². The molecular formula is C13H10Cl4N2. The third kappa shape index (κ3) is 3.15. The van der Waals surface area contributed by atoms with Crippen molar-refractivity contribution in [3.8, 4) is 11.1 Å². The van der Waals surface area contributed by atoms with Gasteiger partial charge in [0.15, 0.2) is 0 Å². The summed E-state index contributed by atoms with van der Waals surface area (Å²) in [5.74, 6) is 0. The molecule has 0 saturated carbocycles. The molecule has 0 aliphatic rings. The highest BCUT2D eigenvalue weighted by molar-refractivity contribution is 6.50. The van der Waals surface area contributed by atoms with Gasteiger partial charge in [0.1, 0.15) is 0 Å². The van der Waals surface area contributed by atoms with Crippen LogP contribution in [0.4, 0.5) is 0 Å². The number of aromatic nitrogens is 1. The highest BCUT2D eigenvalue weighted by atomic mass is 35.5. The van der Waals surface area contributed by atoms with Gasteiger partial charge in [0.05, 0.1) is 20.1 Å². The van der Waals surface area contributed by atoms with E-state index in [0.717, 1.165) is 11.1 Å². The molecule has 19 heavy (non-hydrogen) atoms. The monoisotopic (exact) mass is 334 g/mol. The zero-order chi connectivity index (χ0) is 14.0. The summed E-state index contributed by atoms with van der Waals surface area (Å²) in [5, 5.41) is 4.54. The third-order valence-corrected chi connectivity index (χ3v) is 4.15. The minimum atomic E-state index is 0.366. The van der Waals surface area contributed by atoms with Gasteiger partial charge in [-0.1, -0.05) is 46.4 Å². The van der Waals surface area contributed by atoms with Gasteiger partial charge in [0.2, 0.25) is 0 Å². The average Bonchev–Trinajstić information content (AvgIpc) is 2.38. The van der Waals surface area contributed by atoms with Gasteiger partial charge >= 0.3 is 0 Å². The van der Waals surface area contributed by atoms with Crippen molar-refractivity contribution < 1.29 is 0 Å². The van der Waals surface area contributed by atoms with E-state index in [0.29, 0.717) is 32.2 Å². The van der Waals surface area contributed by atoms with Crippen molar-refractivity contribution in [3.05, 3.63) is 50.2 Å². The minimum absolute atomic E-state index is 0.366. The maximum atomic E-state index is 6.22. The van der Waals surface area contributed by atoms with E-state index in [1.54, 1.807) is 12.4 Å². The Labute approximate surface area is 131 Å². The maximum Gasteiger partial charge on any atom is 0.0687 e. The van der Waals surface area contributed by atoms with Gasteiger partial charge in [0, 0.05) is 30.1 Å². The van der Waals surface area contributed by atoms with Crippen molar-refractivity contribution in [1.82, 2.24) is 10.3 Å². The van der Waals surface area contributed by atoms with Gasteiger partial charge in [-0.15, -0.1) is 0 Å². The Balaban J connectivity index is 2.61. The third-order valence-electron chi connectivity index (χ3n) is 2.58. The molecule has 0 aliphatic heterocycles. The first kappa shape index (κ1) is 14.9. The van der Waals surface area contributed by atoms with Crippen LogP contribution >= 0.6 is 46.4 Å². The van der Waals surface area contributed by atoms with E-state index >= 15 is 0 Å². The Morgan fingerprint density at radius 1 is 1.00 bits per heavy atom. The van der Waals surface area contributed by atoms with Crippen molar-refractivity contribution in [1.29, 1.82) is 0 Å². The van der Waals surface area contributed by atoms with Gasteiger partial charge in [-0.2, -0.15) is 0 Å². The Morgan fingerprint density at radius 2 is 1.63 bits per heavy atom. The van der Waals surface area contributed by atoms with Gasteiger partial charge in [0.25, 0.3) is 0 Å². The number of rotatable bonds is 3. The molecule has 2 nitrogen and oxygen atoms in total. The summed E-state index contributed by atoms with van der Waals surface area (Å²) in [4.78, 5) is 4.18. The molecule has 100 valence electrons. The Morgan fingerprint density at radius 3 is 2.21 bits per heavy atom. The molecule has 1 aromatic heterocycles. The molecule has 0 saturated heterocycles. The van der Waals surface area contributed by atoms with Crippen molar-refractivity contribution in [3.63, 3.8) is 0 Å². The van der Waals surface area contributed by atoms with Gasteiger partial charge < -0.3 is 5.32 Å². The zero-order valence-corrected chi connectivity index (χ0v) is 13.0. The van der Waals surface area contributed by atoms with E-state index in [4.69, 9.17) is 46.4 Å². The van der Waals surface area contributed by atoms with Crippen LogP contribution < -0.4 is 5.32 Å². The molecule has 1 heterocycles. The van der Waals surface area contributed by atoms with E-state index in [-0.39, 0.29) is 0 Å². The van der Waals surface area contributed by atoms with E-state index in [2.05, 4.69) is 10.3 Å². The lowest BCUT2D eigenvalue weighted by atomic mass is 10.1. The van der Waals surface area contributed by atoms with Crippen LogP contribution in [0.5, 0.6) is 0 Å². The molecule has 0 amide bonds. The summed E-state index contributed by atoms with van der Waals surface area (Å²) in [6.07, 6.45) is 3.45. The lowest BCUT2D eigenvalue weighted by Crippen LogP contribution is -2.05. The quantitative estimate of drug-likeness (QED) is 0.791. The Kier molecular flexibility index (Phi) is 4.93. The molecule has 0 bridgehead atoms. The first-order valence-corrected chi connectivity index (χ1v) is 6.97. The standard InChI is InChI=1S/C13H10Cl4N2/c1-18-4-7-2-8(6-19-5-7)11-12(16)9(14)3-10(15)13(11)17/h2-3,5-6,18H,4H2,1H3. The van der Waals surface area contributed by atoms with Crippen molar-refractivity contribution in [2.24, 2.45) is 0 Å². The van der Waals surface area contributed by atoms with Crippen LogP contribution in [0.15, 0.2) is 24.5 Å². The molecule has 1 N–H and O–H groups in total. The van der Waals surface area contributed by atoms with Crippen LogP contribution in [0.25, 0.3) is 11.1 Å². The molecule has 1 aromatic carbocycles. The molecule has 0 atom stereocenters. The molecule has 6 heteroatoms. The van der Waals surface area contributed by atoms with Gasteiger partial charge in [-0.25, -0.2) is 0 Å². The molecule has 0 aliphatic carbocycles. The van der Waals surface area contributed by atoms with Gasteiger partial charge in [-0.05, 0) is 24.7 Å². The fourth-order valence-corrected chi connectivity index (χ4v) is 2.78. The van der Waals surface area contributed by atoms with Crippen LogP contribution in [-0.4, -0.2) is 12.0 Å². The number of hydrogen-bond acceptors (Lipinski definition) is 2. The predicted octanol–water partition coefficient (Wildman–Crippen LogP) is 5.08. The lowest BCUT2D eigenvalue weighted by molar-refractivity contribution is 0.813. The predicted molar refractivity (Wildman–Crippen MR) is 82.5 cm³/mol. The number of hydrogen-bond donors (Lipinski definition) is 1. The first-order valence-electron chi connectivity index (χ1n) is 5.46. The van der Waals surface area contributed by atoms with E-state index in [1.807, 2.05) is 13.1 Å². The topological polar surface area (TPSA) is 24.9 Å². The lowest BCUT2D eigenvalue weighted by Gasteiger charge is -2.11. The largest absolute Gasteiger partial charge is 0.316 e. The van der Waals surface area contributed by atoms with Crippen molar-refractivity contribution >= 4 is 46.4 Å². The Hall–Kier alpha value is -0.510. The minimum Gasteiger partial charge on any atom is -0.316 e. The SMILES string of the molecule is CNCc1cncc(-c2c(Cl)c(Cl)cc(Cl)c2Cl)c1. The zero-order valence-electron chi connectivity index (χ0n) is 9.98. The normalized spacial score (nSPS) is 10.8. The first-order chi connectivity index (χ1) is 9.04. The number of halogens is 4. The van der Waals surface area contributed by atoms with Crippen LogP contribution in [0, 0.1) is 0 Å².